The fraction of sp³-hybridized carbons (Fsp3) is 0.656. The zero-order chi connectivity index (χ0) is 66.3. The minimum absolute atomic E-state index is 0.0351. The number of benzene rings is 1. The molecule has 2 aliphatic heterocycles. The molecule has 1 aliphatic carbocycles. The number of cyclic esters (lactones) is 1. The number of allylic oxidation sites excluding steroid dienone is 1. The number of nitrogens with one attached hydrogen (secondary N) is 1. The Morgan fingerprint density at radius 1 is 0.685 bits per heavy atom. The normalized spacial score (nSPS) is 17.9. The number of esters is 1. The topological polar surface area (TPSA) is 331 Å². The SMILES string of the molecule is CCc1c2c(nc3ccc(OC(=O)N(C)CCN(C)C(=O)OC4/C=C/CC[C@@](C)(C(=O)NCCOCCOCCOCCN(CCOCCOCCOCCC(=O)O)CCOCCOCCOCCC(=O)O)CC4)cc13)-c1cc3c(c(=O)n1C2)COC(=O)[C@]3(O)CC. The van der Waals surface area contributed by atoms with Crippen LogP contribution in [0, 0.1) is 5.41 Å². The molecule has 512 valence electrons. The summed E-state index contributed by atoms with van der Waals surface area (Å²) in [5.41, 5.74) is 0.914. The van der Waals surface area contributed by atoms with E-state index >= 15 is 0 Å². The van der Waals surface area contributed by atoms with E-state index in [1.54, 1.807) is 49.9 Å². The van der Waals surface area contributed by atoms with E-state index in [4.69, 9.17) is 72.0 Å². The Kier molecular flexibility index (Phi) is 31.6. The van der Waals surface area contributed by atoms with Gasteiger partial charge in [-0.05, 0) is 74.4 Å². The maximum absolute atomic E-state index is 13.8. The van der Waals surface area contributed by atoms with Crippen molar-refractivity contribution in [2.24, 2.45) is 5.41 Å². The van der Waals surface area contributed by atoms with E-state index in [1.165, 1.54) is 9.80 Å². The van der Waals surface area contributed by atoms with Crippen LogP contribution < -0.4 is 15.6 Å². The average molecular weight is 1300 g/mol. The fourth-order valence-corrected chi connectivity index (χ4v) is 10.5. The number of likely N-dealkylation sites (N-methyl/N-ethyl adjacent to an activating group) is 2. The number of aromatic nitrogens is 2. The Balaban J connectivity index is 0.823. The lowest BCUT2D eigenvalue weighted by Gasteiger charge is -2.31. The molecule has 3 amide bonds. The summed E-state index contributed by atoms with van der Waals surface area (Å²) in [6, 6.07) is 6.80. The third kappa shape index (κ3) is 23.1. The van der Waals surface area contributed by atoms with Crippen molar-refractivity contribution in [3.63, 3.8) is 0 Å². The van der Waals surface area contributed by atoms with Gasteiger partial charge < -0.3 is 91.8 Å². The Labute approximate surface area is 536 Å². The van der Waals surface area contributed by atoms with Crippen molar-refractivity contribution >= 4 is 46.9 Å². The number of nitrogens with zero attached hydrogens (tertiary/aromatic N) is 5. The molecule has 3 aliphatic rings. The fourth-order valence-electron chi connectivity index (χ4n) is 10.5. The highest BCUT2D eigenvalue weighted by Crippen LogP contribution is 2.41. The number of carboxylic acids is 2. The lowest BCUT2D eigenvalue weighted by Crippen LogP contribution is -2.44. The summed E-state index contributed by atoms with van der Waals surface area (Å²) in [6.45, 7) is 14.3. The molecule has 4 N–H and O–H groups in total. The first-order valence-electron chi connectivity index (χ1n) is 31.7. The van der Waals surface area contributed by atoms with Gasteiger partial charge in [0.1, 0.15) is 18.5 Å². The number of pyridine rings is 2. The van der Waals surface area contributed by atoms with Crippen molar-refractivity contribution in [3.05, 3.63) is 69.0 Å². The second-order valence-corrected chi connectivity index (χ2v) is 22.6. The first-order chi connectivity index (χ1) is 44.4. The van der Waals surface area contributed by atoms with Gasteiger partial charge in [-0.25, -0.2) is 19.4 Å². The lowest BCUT2D eigenvalue weighted by atomic mass is 9.78. The van der Waals surface area contributed by atoms with Crippen LogP contribution in [0.5, 0.6) is 5.75 Å². The molecule has 1 unspecified atom stereocenters. The minimum Gasteiger partial charge on any atom is -0.481 e. The molecule has 4 heterocycles. The molecular weight excluding hydrogens is 1200 g/mol. The van der Waals surface area contributed by atoms with Crippen molar-refractivity contribution in [2.75, 3.05) is 172 Å². The molecule has 3 atom stereocenters. The molecule has 6 rings (SSSR count). The molecule has 3 aromatic rings. The van der Waals surface area contributed by atoms with Crippen molar-refractivity contribution < 1.29 is 101 Å². The molecule has 92 heavy (non-hydrogen) atoms. The number of carboxylic acid groups (broad SMARTS) is 2. The van der Waals surface area contributed by atoms with Crippen LogP contribution in [-0.4, -0.2) is 254 Å². The maximum Gasteiger partial charge on any atom is 0.415 e. The van der Waals surface area contributed by atoms with Gasteiger partial charge in [-0.1, -0.05) is 26.8 Å². The highest BCUT2D eigenvalue weighted by molar-refractivity contribution is 5.90. The van der Waals surface area contributed by atoms with Gasteiger partial charge in [-0.2, -0.15) is 0 Å². The number of hydrogen-bond donors (Lipinski definition) is 4. The molecule has 0 saturated heterocycles. The molecule has 28 nitrogen and oxygen atoms in total. The predicted molar refractivity (Wildman–Crippen MR) is 332 cm³/mol. The van der Waals surface area contributed by atoms with Gasteiger partial charge in [-0.3, -0.25) is 24.1 Å². The Morgan fingerprint density at radius 2 is 1.22 bits per heavy atom. The number of carbonyl (C=O) groups is 6. The molecule has 1 aromatic carbocycles. The second kappa shape index (κ2) is 39.1. The number of fused-ring (bicyclic) bond motifs is 5. The summed E-state index contributed by atoms with van der Waals surface area (Å²) in [5.74, 6) is -2.44. The van der Waals surface area contributed by atoms with Crippen LogP contribution in [0.3, 0.4) is 0 Å². The Bertz CT molecular complexity index is 2930. The summed E-state index contributed by atoms with van der Waals surface area (Å²) >= 11 is 0. The minimum atomic E-state index is -1.94. The Hall–Kier alpha value is -6.70. The molecule has 28 heteroatoms. The maximum atomic E-state index is 13.8. The zero-order valence-electron chi connectivity index (χ0n) is 53.9. The van der Waals surface area contributed by atoms with Gasteiger partial charge in [-0.15, -0.1) is 0 Å². The molecule has 0 bridgehead atoms. The van der Waals surface area contributed by atoms with Crippen LogP contribution in [-0.2, 0) is 96.5 Å². The van der Waals surface area contributed by atoms with Crippen molar-refractivity contribution in [1.29, 1.82) is 0 Å². The van der Waals surface area contributed by atoms with Crippen molar-refractivity contribution in [2.45, 2.75) is 97.0 Å². The average Bonchev–Trinajstić information content (AvgIpc) is 1.51. The lowest BCUT2D eigenvalue weighted by molar-refractivity contribution is -0.172. The van der Waals surface area contributed by atoms with Gasteiger partial charge in [0, 0.05) is 75.3 Å². The summed E-state index contributed by atoms with van der Waals surface area (Å²) < 4.78 is 68.6. The van der Waals surface area contributed by atoms with Crippen molar-refractivity contribution in [3.8, 4) is 17.1 Å². The van der Waals surface area contributed by atoms with Crippen LogP contribution in [0.2, 0.25) is 0 Å². The predicted octanol–water partition coefficient (Wildman–Crippen LogP) is 4.16. The summed E-state index contributed by atoms with van der Waals surface area (Å²) in [7, 11) is 3.15. The standard InChI is InChI=1S/C64H94N6O22/c1-6-48-49-42-47(11-12-53(49)66-57-50(48)44-70-54(57)43-52-51(58(70)75)45-90-60(77)64(52,80)7-2)92-62(79)68(5)20-19-67(4)61(78)91-46-10-8-9-16-63(3,17-13-46)59(76)65-18-26-83-32-38-89-41-35-86-29-23-69(21-27-84-33-39-87-36-30-81-24-14-55(71)72)22-28-85-34-40-88-37-31-82-25-15-56(73)74/h8,10-12,42-43,46,80H,6-7,9,13-41,44-45H2,1-5H3,(H,65,76)(H,71,72)(H,73,74)/b10-8+/t46?,63-,64+/m1/s1. The van der Waals surface area contributed by atoms with Gasteiger partial charge >= 0.3 is 30.1 Å². The zero-order valence-corrected chi connectivity index (χ0v) is 53.9. The molecule has 2 aromatic heterocycles. The first-order valence-corrected chi connectivity index (χ1v) is 31.7. The number of hydrogen-bond acceptors (Lipinski definition) is 22. The summed E-state index contributed by atoms with van der Waals surface area (Å²) in [6.07, 6.45) is 4.63. The number of carbonyl (C=O) groups excluding carboxylic acids is 4. The van der Waals surface area contributed by atoms with Gasteiger partial charge in [0.2, 0.25) is 5.91 Å². The van der Waals surface area contributed by atoms with Crippen LogP contribution in [0.4, 0.5) is 9.59 Å². The van der Waals surface area contributed by atoms with Crippen LogP contribution >= 0.6 is 0 Å². The monoisotopic (exact) mass is 1300 g/mol. The third-order valence-electron chi connectivity index (χ3n) is 16.1. The summed E-state index contributed by atoms with van der Waals surface area (Å²) in [4.78, 5) is 97.6. The van der Waals surface area contributed by atoms with Gasteiger partial charge in [0.25, 0.3) is 5.56 Å². The van der Waals surface area contributed by atoms with Crippen LogP contribution in [0.1, 0.15) is 88.0 Å². The molecule has 0 spiro atoms. The van der Waals surface area contributed by atoms with Crippen molar-refractivity contribution in [1.82, 2.24) is 29.6 Å². The van der Waals surface area contributed by atoms with E-state index in [2.05, 4.69) is 10.2 Å². The number of ether oxygens (including phenoxy) is 12. The Morgan fingerprint density at radius 3 is 1.76 bits per heavy atom. The quantitative estimate of drug-likeness (QED) is 0.0274. The van der Waals surface area contributed by atoms with E-state index < -0.39 is 47.2 Å². The van der Waals surface area contributed by atoms with Crippen LogP contribution in [0.15, 0.2) is 41.2 Å². The van der Waals surface area contributed by atoms with E-state index in [0.717, 1.165) is 16.5 Å². The highest BCUT2D eigenvalue weighted by atomic mass is 16.6. The molecule has 0 saturated carbocycles. The smallest absolute Gasteiger partial charge is 0.415 e. The van der Waals surface area contributed by atoms with Gasteiger partial charge in [0.15, 0.2) is 5.60 Å². The number of aryl methyl sites for hydroxylation is 1. The largest absolute Gasteiger partial charge is 0.481 e. The molecule has 0 radical (unpaired) electrons. The number of aliphatic hydroxyl groups is 1. The second-order valence-electron chi connectivity index (χ2n) is 22.6. The molecular formula is C64H94N6O22. The van der Waals surface area contributed by atoms with E-state index in [1.807, 2.05) is 26.0 Å². The number of amides is 3. The number of rotatable bonds is 44. The third-order valence-corrected chi connectivity index (χ3v) is 16.1. The van der Waals surface area contributed by atoms with E-state index in [0.29, 0.717) is 181 Å². The number of aliphatic carboxylic acids is 2. The summed E-state index contributed by atoms with van der Waals surface area (Å²) in [5, 5.41) is 32.4. The first kappa shape index (κ1) is 74.3. The highest BCUT2D eigenvalue weighted by Gasteiger charge is 2.45. The van der Waals surface area contributed by atoms with Crippen LogP contribution in [0.25, 0.3) is 22.3 Å². The van der Waals surface area contributed by atoms with Gasteiger partial charge in [0.05, 0.1) is 161 Å². The van der Waals surface area contributed by atoms with E-state index in [9.17, 15) is 38.7 Å². The van der Waals surface area contributed by atoms with E-state index in [-0.39, 0.29) is 87.1 Å². The molecule has 0 fully saturated rings.